The molecule has 1 aliphatic heterocycles. The molecule has 2 heterocycles. The van der Waals surface area contributed by atoms with E-state index in [4.69, 9.17) is 0 Å². The summed E-state index contributed by atoms with van der Waals surface area (Å²) >= 11 is 0. The van der Waals surface area contributed by atoms with Gasteiger partial charge >= 0.3 is 6.18 Å². The number of H-pyrrole nitrogens is 1. The number of hydrogen-bond acceptors (Lipinski definition) is 3. The fourth-order valence-electron chi connectivity index (χ4n) is 2.31. The largest absolute Gasteiger partial charge is 0.431 e. The summed E-state index contributed by atoms with van der Waals surface area (Å²) in [6.45, 7) is 2.76. The molecule has 1 fully saturated rings. The lowest BCUT2D eigenvalue weighted by atomic mass is 9.99. The van der Waals surface area contributed by atoms with Crippen LogP contribution in [-0.4, -0.2) is 29.5 Å². The van der Waals surface area contributed by atoms with Crippen molar-refractivity contribution in [2.24, 2.45) is 0 Å². The summed E-state index contributed by atoms with van der Waals surface area (Å²) in [4.78, 5) is 25.3. The molecule has 0 aromatic carbocycles. The molecule has 2 atom stereocenters. The van der Waals surface area contributed by atoms with Crippen LogP contribution in [0.2, 0.25) is 0 Å². The van der Waals surface area contributed by atoms with Crippen LogP contribution in [0.5, 0.6) is 0 Å². The number of carbonyl (C=O) groups excluding carboxylic acids is 1. The number of amides is 1. The first-order chi connectivity index (χ1) is 9.79. The van der Waals surface area contributed by atoms with Crippen molar-refractivity contribution in [3.63, 3.8) is 0 Å². The highest BCUT2D eigenvalue weighted by Crippen LogP contribution is 2.26. The number of alkyl halides is 3. The second kappa shape index (κ2) is 5.88. The molecule has 1 aromatic heterocycles. The van der Waals surface area contributed by atoms with Gasteiger partial charge in [0.25, 0.3) is 11.5 Å². The van der Waals surface area contributed by atoms with Crippen LogP contribution in [0.1, 0.15) is 35.8 Å². The number of pyridine rings is 1. The van der Waals surface area contributed by atoms with Crippen molar-refractivity contribution < 1.29 is 18.0 Å². The van der Waals surface area contributed by atoms with E-state index in [1.165, 1.54) is 0 Å². The molecule has 116 valence electrons. The molecule has 0 aliphatic carbocycles. The number of rotatable bonds is 2. The Morgan fingerprint density at radius 1 is 1.38 bits per heavy atom. The second-order valence-electron chi connectivity index (χ2n) is 5.08. The van der Waals surface area contributed by atoms with Crippen LogP contribution >= 0.6 is 0 Å². The number of piperidine rings is 1. The number of aromatic nitrogens is 1. The maximum absolute atomic E-state index is 12.4. The quantitative estimate of drug-likeness (QED) is 0.770. The minimum Gasteiger partial charge on any atom is -0.348 e. The highest BCUT2D eigenvalue weighted by Gasteiger charge is 2.32. The molecule has 0 bridgehead atoms. The molecule has 8 heteroatoms. The molecule has 2 rings (SSSR count). The predicted octanol–water partition coefficient (Wildman–Crippen LogP) is 1.26. The van der Waals surface area contributed by atoms with E-state index >= 15 is 0 Å². The highest BCUT2D eigenvalue weighted by atomic mass is 19.4. The topological polar surface area (TPSA) is 74.0 Å². The van der Waals surface area contributed by atoms with Crippen molar-refractivity contribution in [2.75, 3.05) is 6.54 Å². The fourth-order valence-corrected chi connectivity index (χ4v) is 2.31. The van der Waals surface area contributed by atoms with Gasteiger partial charge in [-0.2, -0.15) is 13.2 Å². The molecule has 1 aromatic rings. The van der Waals surface area contributed by atoms with Gasteiger partial charge in [-0.15, -0.1) is 0 Å². The van der Waals surface area contributed by atoms with Gasteiger partial charge in [0.1, 0.15) is 11.3 Å². The third-order valence-corrected chi connectivity index (χ3v) is 3.54. The summed E-state index contributed by atoms with van der Waals surface area (Å²) in [6.07, 6.45) is -2.99. The van der Waals surface area contributed by atoms with Gasteiger partial charge in [0.05, 0.1) is 0 Å². The van der Waals surface area contributed by atoms with E-state index < -0.39 is 23.3 Å². The highest BCUT2D eigenvalue weighted by molar-refractivity contribution is 5.94. The van der Waals surface area contributed by atoms with Crippen LogP contribution in [0.4, 0.5) is 13.2 Å². The zero-order chi connectivity index (χ0) is 15.6. The average Bonchev–Trinajstić information content (AvgIpc) is 2.40. The number of hydrogen-bond donors (Lipinski definition) is 3. The molecule has 5 nitrogen and oxygen atoms in total. The SMILES string of the molecule is CC1NCCCC1NC(=O)c1ccc(C(F)(F)F)[nH]c1=O. The Hall–Kier alpha value is -1.83. The normalized spacial score (nSPS) is 22.9. The molecule has 1 amide bonds. The Morgan fingerprint density at radius 3 is 2.67 bits per heavy atom. The second-order valence-corrected chi connectivity index (χ2v) is 5.08. The van der Waals surface area contributed by atoms with Crippen LogP contribution in [0.15, 0.2) is 16.9 Å². The summed E-state index contributed by atoms with van der Waals surface area (Å²) in [7, 11) is 0. The maximum atomic E-state index is 12.4. The van der Waals surface area contributed by atoms with E-state index in [9.17, 15) is 22.8 Å². The molecule has 21 heavy (non-hydrogen) atoms. The van der Waals surface area contributed by atoms with Crippen molar-refractivity contribution in [3.8, 4) is 0 Å². The van der Waals surface area contributed by atoms with Crippen molar-refractivity contribution in [1.29, 1.82) is 0 Å². The monoisotopic (exact) mass is 303 g/mol. The molecule has 2 unspecified atom stereocenters. The Kier molecular flexibility index (Phi) is 4.36. The van der Waals surface area contributed by atoms with Gasteiger partial charge in [0.2, 0.25) is 0 Å². The van der Waals surface area contributed by atoms with Crippen molar-refractivity contribution in [2.45, 2.75) is 38.0 Å². The van der Waals surface area contributed by atoms with Gasteiger partial charge in [0.15, 0.2) is 0 Å². The van der Waals surface area contributed by atoms with Crippen molar-refractivity contribution in [1.82, 2.24) is 15.6 Å². The molecule has 1 saturated heterocycles. The number of aromatic amines is 1. The van der Waals surface area contributed by atoms with E-state index in [0.717, 1.165) is 25.5 Å². The predicted molar refractivity (Wildman–Crippen MR) is 70.0 cm³/mol. The van der Waals surface area contributed by atoms with Gasteiger partial charge in [-0.1, -0.05) is 0 Å². The van der Waals surface area contributed by atoms with Crippen LogP contribution < -0.4 is 16.2 Å². The van der Waals surface area contributed by atoms with Crippen LogP contribution in [0.25, 0.3) is 0 Å². The number of halogens is 3. The van der Waals surface area contributed by atoms with E-state index in [-0.39, 0.29) is 17.6 Å². The molecule has 0 radical (unpaired) electrons. The van der Waals surface area contributed by atoms with Crippen molar-refractivity contribution >= 4 is 5.91 Å². The summed E-state index contributed by atoms with van der Waals surface area (Å²) < 4.78 is 37.3. The third-order valence-electron chi connectivity index (χ3n) is 3.54. The fraction of sp³-hybridized carbons (Fsp3) is 0.538. The first-order valence-corrected chi connectivity index (χ1v) is 6.64. The number of carbonyl (C=O) groups is 1. The number of nitrogens with one attached hydrogen (secondary N) is 3. The van der Waals surface area contributed by atoms with Crippen LogP contribution in [-0.2, 0) is 6.18 Å². The van der Waals surface area contributed by atoms with E-state index in [1.54, 1.807) is 4.98 Å². The zero-order valence-electron chi connectivity index (χ0n) is 11.4. The standard InChI is InChI=1S/C13H16F3N3O2/c1-7-9(3-2-6-17-7)18-11(20)8-4-5-10(13(14,15)16)19-12(8)21/h4-5,7,9,17H,2-3,6H2,1H3,(H,18,20)(H,19,21). The van der Waals surface area contributed by atoms with Gasteiger partial charge in [-0.25, -0.2) is 0 Å². The molecule has 3 N–H and O–H groups in total. The zero-order valence-corrected chi connectivity index (χ0v) is 11.4. The maximum Gasteiger partial charge on any atom is 0.431 e. The van der Waals surface area contributed by atoms with Crippen LogP contribution in [0, 0.1) is 0 Å². The van der Waals surface area contributed by atoms with Gasteiger partial charge in [0, 0.05) is 12.1 Å². The lowest BCUT2D eigenvalue weighted by Gasteiger charge is -2.30. The lowest BCUT2D eigenvalue weighted by molar-refractivity contribution is -0.141. The molecule has 0 spiro atoms. The molecule has 0 saturated carbocycles. The lowest BCUT2D eigenvalue weighted by Crippen LogP contribution is -2.52. The van der Waals surface area contributed by atoms with E-state index in [1.807, 2.05) is 6.92 Å². The summed E-state index contributed by atoms with van der Waals surface area (Å²) in [5.74, 6) is -0.662. The van der Waals surface area contributed by atoms with E-state index in [0.29, 0.717) is 6.07 Å². The first-order valence-electron chi connectivity index (χ1n) is 6.64. The Labute approximate surface area is 118 Å². The average molecular weight is 303 g/mol. The van der Waals surface area contributed by atoms with Gasteiger partial charge in [-0.3, -0.25) is 9.59 Å². The Balaban J connectivity index is 2.14. The Morgan fingerprint density at radius 2 is 2.10 bits per heavy atom. The minimum atomic E-state index is -4.64. The van der Waals surface area contributed by atoms with Gasteiger partial charge in [-0.05, 0) is 38.4 Å². The molecular weight excluding hydrogens is 287 g/mol. The third kappa shape index (κ3) is 3.63. The van der Waals surface area contributed by atoms with E-state index in [2.05, 4.69) is 10.6 Å². The molecular formula is C13H16F3N3O2. The minimum absolute atomic E-state index is 0.0521. The summed E-state index contributed by atoms with van der Waals surface area (Å²) in [5, 5.41) is 5.86. The van der Waals surface area contributed by atoms with Crippen molar-refractivity contribution in [3.05, 3.63) is 33.7 Å². The van der Waals surface area contributed by atoms with Crippen LogP contribution in [0.3, 0.4) is 0 Å². The first kappa shape index (κ1) is 15.6. The smallest absolute Gasteiger partial charge is 0.348 e. The van der Waals surface area contributed by atoms with Gasteiger partial charge < -0.3 is 15.6 Å². The summed E-state index contributed by atoms with van der Waals surface area (Å²) in [6, 6.07) is 1.50. The Bertz CT molecular complexity index is 583. The molecule has 1 aliphatic rings. The summed E-state index contributed by atoms with van der Waals surface area (Å²) in [5.41, 5.74) is -2.53.